The van der Waals surface area contributed by atoms with Gasteiger partial charge in [-0.05, 0) is 38.5 Å². The predicted molar refractivity (Wildman–Crippen MR) is 212 cm³/mol. The van der Waals surface area contributed by atoms with Crippen LogP contribution in [0.15, 0.2) is 36.5 Å². The molecular formula is C41H79N2O6P. The number of nitrogens with two attached hydrogens (primary N) is 1. The predicted octanol–water partition coefficient (Wildman–Crippen LogP) is 11.2. The van der Waals surface area contributed by atoms with E-state index in [0.29, 0.717) is 6.42 Å². The van der Waals surface area contributed by atoms with Crippen LogP contribution in [0.5, 0.6) is 0 Å². The third-order valence-electron chi connectivity index (χ3n) is 8.93. The highest BCUT2D eigenvalue weighted by molar-refractivity contribution is 7.47. The number of unbranched alkanes of at least 4 members (excludes halogenated alkanes) is 22. The van der Waals surface area contributed by atoms with E-state index < -0.39 is 20.0 Å². The lowest BCUT2D eigenvalue weighted by molar-refractivity contribution is -0.123. The molecule has 0 saturated carbocycles. The van der Waals surface area contributed by atoms with E-state index in [4.69, 9.17) is 14.8 Å². The third-order valence-corrected chi connectivity index (χ3v) is 9.91. The molecule has 8 nitrogen and oxygen atoms in total. The largest absolute Gasteiger partial charge is 0.472 e. The number of amides is 1. The lowest BCUT2D eigenvalue weighted by Gasteiger charge is -2.23. The van der Waals surface area contributed by atoms with Gasteiger partial charge in [0.05, 0.1) is 25.4 Å². The lowest BCUT2D eigenvalue weighted by atomic mass is 10.0. The second-order valence-corrected chi connectivity index (χ2v) is 15.3. The Balaban J connectivity index is 4.17. The number of carbonyl (C=O) groups excluding carboxylic acids is 1. The monoisotopic (exact) mass is 727 g/mol. The van der Waals surface area contributed by atoms with E-state index >= 15 is 0 Å². The molecule has 0 aliphatic rings. The summed E-state index contributed by atoms with van der Waals surface area (Å²) in [4.78, 5) is 22.6. The molecule has 294 valence electrons. The van der Waals surface area contributed by atoms with Crippen molar-refractivity contribution < 1.29 is 28.4 Å². The molecule has 3 unspecified atom stereocenters. The normalized spacial score (nSPS) is 14.6. The van der Waals surface area contributed by atoms with Crippen molar-refractivity contribution in [3.05, 3.63) is 36.5 Å². The molecule has 0 bridgehead atoms. The zero-order valence-corrected chi connectivity index (χ0v) is 33.3. The van der Waals surface area contributed by atoms with Gasteiger partial charge in [-0.25, -0.2) is 4.57 Å². The van der Waals surface area contributed by atoms with E-state index in [1.165, 1.54) is 116 Å². The van der Waals surface area contributed by atoms with Crippen molar-refractivity contribution in [3.8, 4) is 0 Å². The van der Waals surface area contributed by atoms with Gasteiger partial charge in [-0.3, -0.25) is 13.8 Å². The van der Waals surface area contributed by atoms with Crippen molar-refractivity contribution in [2.75, 3.05) is 19.8 Å². The van der Waals surface area contributed by atoms with E-state index in [1.807, 2.05) is 6.08 Å². The van der Waals surface area contributed by atoms with Crippen LogP contribution in [-0.2, 0) is 18.4 Å². The molecule has 0 rings (SSSR count). The number of aliphatic hydroxyl groups excluding tert-OH is 1. The van der Waals surface area contributed by atoms with Crippen LogP contribution in [0, 0.1) is 0 Å². The molecule has 0 aromatic rings. The average Bonchev–Trinajstić information content (AvgIpc) is 3.10. The third kappa shape index (κ3) is 35.1. The van der Waals surface area contributed by atoms with Crippen molar-refractivity contribution in [1.29, 1.82) is 0 Å². The van der Waals surface area contributed by atoms with Gasteiger partial charge in [0.15, 0.2) is 0 Å². The maximum Gasteiger partial charge on any atom is 0.472 e. The maximum atomic E-state index is 12.7. The molecule has 0 spiro atoms. The second kappa shape index (κ2) is 37.5. The number of hydrogen-bond donors (Lipinski definition) is 4. The Bertz CT molecular complexity index is 881. The van der Waals surface area contributed by atoms with Crippen LogP contribution in [0.4, 0.5) is 0 Å². The van der Waals surface area contributed by atoms with Gasteiger partial charge in [-0.1, -0.05) is 179 Å². The molecule has 50 heavy (non-hydrogen) atoms. The Hall–Kier alpha value is -1.28. The highest BCUT2D eigenvalue weighted by atomic mass is 31.2. The molecule has 0 heterocycles. The van der Waals surface area contributed by atoms with Crippen LogP contribution >= 0.6 is 7.82 Å². The van der Waals surface area contributed by atoms with E-state index in [1.54, 1.807) is 6.08 Å². The van der Waals surface area contributed by atoms with Crippen LogP contribution in [0.1, 0.15) is 187 Å². The molecule has 0 aromatic carbocycles. The van der Waals surface area contributed by atoms with Crippen molar-refractivity contribution >= 4 is 13.7 Å². The summed E-state index contributed by atoms with van der Waals surface area (Å²) in [6, 6.07) is -0.878. The number of phosphoric acid groups is 1. The minimum atomic E-state index is -4.34. The van der Waals surface area contributed by atoms with Gasteiger partial charge in [0.1, 0.15) is 0 Å². The number of phosphoric ester groups is 1. The number of hydrogen-bond acceptors (Lipinski definition) is 6. The Morgan fingerprint density at radius 3 is 1.50 bits per heavy atom. The molecule has 0 aliphatic heterocycles. The smallest absolute Gasteiger partial charge is 0.387 e. The summed E-state index contributed by atoms with van der Waals surface area (Å²) >= 11 is 0. The van der Waals surface area contributed by atoms with Crippen LogP contribution in [-0.4, -0.2) is 47.8 Å². The molecular weight excluding hydrogens is 647 g/mol. The summed E-state index contributed by atoms with van der Waals surface area (Å²) in [7, 11) is -4.34. The number of allylic oxidation sites excluding steroid dienone is 5. The Labute approximate surface area is 308 Å². The molecule has 0 fully saturated rings. The number of aliphatic hydroxyl groups is 1. The fourth-order valence-corrected chi connectivity index (χ4v) is 6.58. The van der Waals surface area contributed by atoms with Crippen molar-refractivity contribution in [3.63, 3.8) is 0 Å². The summed E-state index contributed by atoms with van der Waals surface area (Å²) in [6.07, 6.45) is 43.5. The summed E-state index contributed by atoms with van der Waals surface area (Å²) < 4.78 is 22.0. The molecule has 0 aromatic heterocycles. The van der Waals surface area contributed by atoms with Gasteiger partial charge in [0.25, 0.3) is 0 Å². The first-order chi connectivity index (χ1) is 24.4. The molecule has 3 atom stereocenters. The molecule has 9 heteroatoms. The zero-order chi connectivity index (χ0) is 36.8. The summed E-state index contributed by atoms with van der Waals surface area (Å²) in [5, 5.41) is 13.6. The van der Waals surface area contributed by atoms with Crippen LogP contribution in [0.3, 0.4) is 0 Å². The molecule has 1 amide bonds. The Morgan fingerprint density at radius 2 is 1.06 bits per heavy atom. The second-order valence-electron chi connectivity index (χ2n) is 13.8. The van der Waals surface area contributed by atoms with Gasteiger partial charge in [0.2, 0.25) is 5.91 Å². The first kappa shape index (κ1) is 48.7. The fraction of sp³-hybridized carbons (Fsp3) is 0.829. The van der Waals surface area contributed by atoms with Crippen molar-refractivity contribution in [2.24, 2.45) is 5.73 Å². The quantitative estimate of drug-likeness (QED) is 0.0283. The van der Waals surface area contributed by atoms with E-state index in [-0.39, 0.29) is 25.7 Å². The lowest BCUT2D eigenvalue weighted by Crippen LogP contribution is -2.45. The van der Waals surface area contributed by atoms with E-state index in [9.17, 15) is 19.4 Å². The summed E-state index contributed by atoms with van der Waals surface area (Å²) in [6.45, 7) is 4.03. The minimum Gasteiger partial charge on any atom is -0.387 e. The molecule has 0 saturated heterocycles. The first-order valence-electron chi connectivity index (χ1n) is 20.6. The minimum absolute atomic E-state index is 0.0723. The highest BCUT2D eigenvalue weighted by Gasteiger charge is 2.26. The summed E-state index contributed by atoms with van der Waals surface area (Å²) in [5.74, 6) is -0.208. The first-order valence-corrected chi connectivity index (χ1v) is 22.1. The van der Waals surface area contributed by atoms with Crippen LogP contribution in [0.25, 0.3) is 0 Å². The number of carbonyl (C=O) groups is 1. The van der Waals surface area contributed by atoms with Gasteiger partial charge in [0, 0.05) is 13.0 Å². The summed E-state index contributed by atoms with van der Waals surface area (Å²) in [5.41, 5.74) is 5.35. The van der Waals surface area contributed by atoms with Gasteiger partial charge >= 0.3 is 7.82 Å². The van der Waals surface area contributed by atoms with Gasteiger partial charge in [-0.2, -0.15) is 0 Å². The zero-order valence-electron chi connectivity index (χ0n) is 32.4. The van der Waals surface area contributed by atoms with Gasteiger partial charge < -0.3 is 21.1 Å². The highest BCUT2D eigenvalue weighted by Crippen LogP contribution is 2.43. The van der Waals surface area contributed by atoms with E-state index in [0.717, 1.165) is 51.4 Å². The van der Waals surface area contributed by atoms with Crippen LogP contribution < -0.4 is 11.1 Å². The molecule has 5 N–H and O–H groups in total. The fourth-order valence-electron chi connectivity index (χ4n) is 5.82. The van der Waals surface area contributed by atoms with E-state index in [2.05, 4.69) is 43.5 Å². The Morgan fingerprint density at radius 1 is 0.640 bits per heavy atom. The standard InChI is InChI=1S/C41H79N2O6P/c1-3-5-7-9-11-13-15-16-17-18-19-20-21-22-23-25-27-29-31-33-35-41(45)43-39(38-49-50(46,47)48-37-36-42)40(44)34-32-30-28-26-24-14-12-10-8-6-4-2/h8,10,24,26,32,34,39-40,44H,3-7,9,11-23,25,27-31,33,35-38,42H2,1-2H3,(H,43,45)(H,46,47)/b10-8+,26-24+,34-32+. The SMILES string of the molecule is CCC/C=C/CC/C=C/CC/C=C/C(O)C(COP(=O)(O)OCCN)NC(=O)CCCCCCCCCCCCCCCCCCCCCC. The van der Waals surface area contributed by atoms with Gasteiger partial charge in [-0.15, -0.1) is 0 Å². The number of rotatable bonds is 38. The van der Waals surface area contributed by atoms with Crippen molar-refractivity contribution in [1.82, 2.24) is 5.32 Å². The molecule has 0 aliphatic carbocycles. The molecule has 0 radical (unpaired) electrons. The number of nitrogens with one attached hydrogen (secondary N) is 1. The van der Waals surface area contributed by atoms with Crippen LogP contribution in [0.2, 0.25) is 0 Å². The average molecular weight is 727 g/mol. The Kier molecular flexibility index (Phi) is 36.5. The van der Waals surface area contributed by atoms with Crippen molar-refractivity contribution in [2.45, 2.75) is 199 Å². The topological polar surface area (TPSA) is 131 Å². The maximum absolute atomic E-state index is 12.7.